The standard InChI is InChI=1S/C20H17N5O4/c1-27-15-9-7-13(8-10-15)19-22-17(29-25-19)11-16(26)21-12-18-23-24-20(28-18)14-5-3-2-4-6-14/h2-10H,11-12H2,1H3,(H,21,26). The van der Waals surface area contributed by atoms with Gasteiger partial charge in [-0.1, -0.05) is 23.4 Å². The molecule has 0 saturated carbocycles. The highest BCUT2D eigenvalue weighted by Gasteiger charge is 2.14. The summed E-state index contributed by atoms with van der Waals surface area (Å²) in [7, 11) is 1.59. The summed E-state index contributed by atoms with van der Waals surface area (Å²) in [4.78, 5) is 16.4. The predicted octanol–water partition coefficient (Wildman–Crippen LogP) is 2.65. The first-order chi connectivity index (χ1) is 14.2. The third-order valence-electron chi connectivity index (χ3n) is 4.05. The molecule has 0 fully saturated rings. The summed E-state index contributed by atoms with van der Waals surface area (Å²) in [5, 5.41) is 14.5. The minimum absolute atomic E-state index is 0.0527. The molecule has 4 aromatic rings. The van der Waals surface area contributed by atoms with Crippen molar-refractivity contribution >= 4 is 5.91 Å². The Labute approximate surface area is 165 Å². The van der Waals surface area contributed by atoms with Gasteiger partial charge in [-0.25, -0.2) is 0 Å². The molecule has 2 aromatic carbocycles. The fourth-order valence-electron chi connectivity index (χ4n) is 2.58. The first-order valence-electron chi connectivity index (χ1n) is 8.83. The lowest BCUT2D eigenvalue weighted by atomic mass is 10.2. The van der Waals surface area contributed by atoms with Crippen LogP contribution in [-0.2, 0) is 17.8 Å². The first-order valence-corrected chi connectivity index (χ1v) is 8.83. The van der Waals surface area contributed by atoms with Crippen molar-refractivity contribution in [3.63, 3.8) is 0 Å². The number of aromatic nitrogens is 4. The maximum absolute atomic E-state index is 12.1. The molecule has 29 heavy (non-hydrogen) atoms. The van der Waals surface area contributed by atoms with Crippen LogP contribution >= 0.6 is 0 Å². The van der Waals surface area contributed by atoms with Crippen molar-refractivity contribution in [1.29, 1.82) is 0 Å². The highest BCUT2D eigenvalue weighted by molar-refractivity contribution is 5.77. The number of nitrogens with zero attached hydrogens (tertiary/aromatic N) is 4. The maximum atomic E-state index is 12.1. The zero-order valence-corrected chi connectivity index (χ0v) is 15.5. The third kappa shape index (κ3) is 4.46. The van der Waals surface area contributed by atoms with E-state index in [0.717, 1.165) is 16.9 Å². The van der Waals surface area contributed by atoms with Crippen molar-refractivity contribution in [3.05, 3.63) is 66.4 Å². The van der Waals surface area contributed by atoms with Crippen LogP contribution in [0.4, 0.5) is 0 Å². The molecule has 2 aromatic heterocycles. The summed E-state index contributed by atoms with van der Waals surface area (Å²) in [5.74, 6) is 1.75. The van der Waals surface area contributed by atoms with Crippen LogP contribution in [0.25, 0.3) is 22.8 Å². The Balaban J connectivity index is 1.32. The maximum Gasteiger partial charge on any atom is 0.247 e. The number of hydrogen-bond donors (Lipinski definition) is 1. The zero-order valence-electron chi connectivity index (χ0n) is 15.5. The summed E-state index contributed by atoms with van der Waals surface area (Å²) < 4.78 is 15.8. The predicted molar refractivity (Wildman–Crippen MR) is 102 cm³/mol. The summed E-state index contributed by atoms with van der Waals surface area (Å²) in [6, 6.07) is 16.6. The Hall–Kier alpha value is -4.01. The van der Waals surface area contributed by atoms with Gasteiger partial charge in [-0.05, 0) is 36.4 Å². The van der Waals surface area contributed by atoms with E-state index in [-0.39, 0.29) is 24.8 Å². The Kier molecular flexibility index (Phi) is 5.28. The average molecular weight is 391 g/mol. The second kappa shape index (κ2) is 8.34. The normalized spacial score (nSPS) is 10.7. The van der Waals surface area contributed by atoms with Crippen molar-refractivity contribution in [2.45, 2.75) is 13.0 Å². The number of carbonyl (C=O) groups excluding carboxylic acids is 1. The molecule has 0 spiro atoms. The van der Waals surface area contributed by atoms with Crippen molar-refractivity contribution in [1.82, 2.24) is 25.7 Å². The fourth-order valence-corrected chi connectivity index (χ4v) is 2.58. The number of benzene rings is 2. The topological polar surface area (TPSA) is 116 Å². The van der Waals surface area contributed by atoms with E-state index in [1.807, 2.05) is 42.5 Å². The molecular weight excluding hydrogens is 374 g/mol. The Bertz CT molecular complexity index is 1090. The van der Waals surface area contributed by atoms with E-state index in [4.69, 9.17) is 13.7 Å². The van der Waals surface area contributed by atoms with Crippen LogP contribution in [0.1, 0.15) is 11.8 Å². The second-order valence-corrected chi connectivity index (χ2v) is 6.06. The van der Waals surface area contributed by atoms with Crippen molar-refractivity contribution in [2.75, 3.05) is 7.11 Å². The van der Waals surface area contributed by atoms with Gasteiger partial charge in [-0.3, -0.25) is 4.79 Å². The number of hydrogen-bond acceptors (Lipinski definition) is 8. The molecule has 0 unspecified atom stereocenters. The molecule has 0 saturated heterocycles. The zero-order chi connectivity index (χ0) is 20.1. The number of methoxy groups -OCH3 is 1. The molecule has 1 N–H and O–H groups in total. The van der Waals surface area contributed by atoms with Crippen LogP contribution in [0, 0.1) is 0 Å². The highest BCUT2D eigenvalue weighted by atomic mass is 16.5. The molecule has 0 aliphatic rings. The molecule has 0 bridgehead atoms. The molecule has 0 aliphatic carbocycles. The van der Waals surface area contributed by atoms with E-state index < -0.39 is 0 Å². The number of rotatable bonds is 7. The van der Waals surface area contributed by atoms with Gasteiger partial charge in [0, 0.05) is 11.1 Å². The van der Waals surface area contributed by atoms with Crippen molar-refractivity contribution < 1.29 is 18.5 Å². The van der Waals surface area contributed by atoms with Gasteiger partial charge in [0.05, 0.1) is 13.7 Å². The van der Waals surface area contributed by atoms with Crippen LogP contribution in [-0.4, -0.2) is 33.4 Å². The molecule has 1 amide bonds. The summed E-state index contributed by atoms with van der Waals surface area (Å²) >= 11 is 0. The number of nitrogens with one attached hydrogen (secondary N) is 1. The van der Waals surface area contributed by atoms with E-state index in [9.17, 15) is 4.79 Å². The van der Waals surface area contributed by atoms with E-state index in [1.54, 1.807) is 19.2 Å². The lowest BCUT2D eigenvalue weighted by Gasteiger charge is -1.99. The van der Waals surface area contributed by atoms with Crippen LogP contribution in [0.5, 0.6) is 5.75 Å². The van der Waals surface area contributed by atoms with Gasteiger partial charge in [0.1, 0.15) is 12.2 Å². The SMILES string of the molecule is COc1ccc(-c2noc(CC(=O)NCc3nnc(-c4ccccc4)o3)n2)cc1. The van der Waals surface area contributed by atoms with Crippen molar-refractivity contribution in [3.8, 4) is 28.6 Å². The lowest BCUT2D eigenvalue weighted by Crippen LogP contribution is -2.24. The first kappa shape index (κ1) is 18.4. The molecule has 146 valence electrons. The Morgan fingerprint density at radius 1 is 1.00 bits per heavy atom. The van der Waals surface area contributed by atoms with Crippen molar-refractivity contribution in [2.24, 2.45) is 0 Å². The quantitative estimate of drug-likeness (QED) is 0.511. The van der Waals surface area contributed by atoms with Gasteiger partial charge in [0.2, 0.25) is 29.4 Å². The van der Waals surface area contributed by atoms with E-state index >= 15 is 0 Å². The third-order valence-corrected chi connectivity index (χ3v) is 4.05. The molecular formula is C20H17N5O4. The Morgan fingerprint density at radius 2 is 1.79 bits per heavy atom. The molecule has 0 aliphatic heterocycles. The average Bonchev–Trinajstić information content (AvgIpc) is 3.43. The van der Waals surface area contributed by atoms with Crippen LogP contribution < -0.4 is 10.1 Å². The molecule has 0 atom stereocenters. The van der Waals surface area contributed by atoms with E-state index in [0.29, 0.717) is 17.6 Å². The van der Waals surface area contributed by atoms with Crippen LogP contribution in [0.2, 0.25) is 0 Å². The fraction of sp³-hybridized carbons (Fsp3) is 0.150. The molecule has 9 heteroatoms. The van der Waals surface area contributed by atoms with Crippen LogP contribution in [0.15, 0.2) is 63.5 Å². The number of carbonyl (C=O) groups is 1. The van der Waals surface area contributed by atoms with Gasteiger partial charge >= 0.3 is 0 Å². The molecule has 0 radical (unpaired) electrons. The van der Waals surface area contributed by atoms with Gasteiger partial charge in [-0.2, -0.15) is 4.98 Å². The number of ether oxygens (including phenoxy) is 1. The second-order valence-electron chi connectivity index (χ2n) is 6.06. The van der Waals surface area contributed by atoms with Gasteiger partial charge in [0.25, 0.3) is 0 Å². The van der Waals surface area contributed by atoms with Gasteiger partial charge < -0.3 is 19.0 Å². The molecule has 2 heterocycles. The minimum atomic E-state index is -0.297. The lowest BCUT2D eigenvalue weighted by molar-refractivity contribution is -0.121. The number of amides is 1. The summed E-state index contributed by atoms with van der Waals surface area (Å²) in [6.45, 7) is 0.109. The smallest absolute Gasteiger partial charge is 0.247 e. The molecule has 9 nitrogen and oxygen atoms in total. The Morgan fingerprint density at radius 3 is 2.55 bits per heavy atom. The largest absolute Gasteiger partial charge is 0.497 e. The van der Waals surface area contributed by atoms with Gasteiger partial charge in [0.15, 0.2) is 0 Å². The summed E-state index contributed by atoms with van der Waals surface area (Å²) in [6.07, 6.45) is -0.0527. The highest BCUT2D eigenvalue weighted by Crippen LogP contribution is 2.20. The summed E-state index contributed by atoms with van der Waals surface area (Å²) in [5.41, 5.74) is 1.58. The van der Waals surface area contributed by atoms with E-state index in [1.165, 1.54) is 0 Å². The van der Waals surface area contributed by atoms with E-state index in [2.05, 4.69) is 25.7 Å². The molecule has 4 rings (SSSR count). The minimum Gasteiger partial charge on any atom is -0.497 e. The van der Waals surface area contributed by atoms with Crippen LogP contribution in [0.3, 0.4) is 0 Å². The van der Waals surface area contributed by atoms with Gasteiger partial charge in [-0.15, -0.1) is 10.2 Å². The monoisotopic (exact) mass is 391 g/mol.